The van der Waals surface area contributed by atoms with Crippen LogP contribution in [-0.2, 0) is 19.4 Å². The first kappa shape index (κ1) is 13.4. The minimum atomic E-state index is -3.02. The molecule has 1 heterocycles. The maximum absolute atomic E-state index is 11.3. The molecule has 1 aliphatic rings. The van der Waals surface area contributed by atoms with E-state index in [2.05, 4.69) is 0 Å². The molecule has 0 bridgehead atoms. The van der Waals surface area contributed by atoms with Crippen LogP contribution >= 0.6 is 0 Å². The fourth-order valence-corrected chi connectivity index (χ4v) is 2.82. The lowest BCUT2D eigenvalue weighted by atomic mass is 9.78. The number of carbonyl (C=O) groups is 1. The second-order valence-electron chi connectivity index (χ2n) is 4.46. The van der Waals surface area contributed by atoms with Crippen molar-refractivity contribution in [3.63, 3.8) is 0 Å². The Hall–Kier alpha value is -0.620. The van der Waals surface area contributed by atoms with Crippen molar-refractivity contribution in [3.8, 4) is 0 Å². The summed E-state index contributed by atoms with van der Waals surface area (Å²) in [5.74, 6) is -0.847. The molecule has 2 atom stereocenters. The van der Waals surface area contributed by atoms with E-state index >= 15 is 0 Å². The Bertz CT molecular complexity index is 361. The number of hydrogen-bond acceptors (Lipinski definition) is 4. The molecule has 1 rings (SSSR count). The van der Waals surface area contributed by atoms with E-state index in [1.165, 1.54) is 0 Å². The van der Waals surface area contributed by atoms with E-state index in [1.807, 2.05) is 0 Å². The molecule has 0 radical (unpaired) electrons. The monoisotopic (exact) mass is 250 g/mol. The third-order valence-electron chi connectivity index (χ3n) is 3.26. The predicted molar refractivity (Wildman–Crippen MR) is 59.0 cm³/mol. The van der Waals surface area contributed by atoms with E-state index in [-0.39, 0.29) is 11.9 Å². The zero-order valence-electron chi connectivity index (χ0n) is 9.60. The van der Waals surface area contributed by atoms with Gasteiger partial charge in [-0.3, -0.25) is 4.79 Å². The zero-order valence-corrected chi connectivity index (χ0v) is 10.4. The molecule has 1 saturated heterocycles. The topological polar surface area (TPSA) is 80.7 Å². The Kier molecular flexibility index (Phi) is 3.96. The van der Waals surface area contributed by atoms with E-state index in [1.54, 1.807) is 6.92 Å². The summed E-state index contributed by atoms with van der Waals surface area (Å²) in [6.07, 6.45) is 2.02. The van der Waals surface area contributed by atoms with E-state index in [4.69, 9.17) is 4.74 Å². The van der Waals surface area contributed by atoms with Gasteiger partial charge in [0.2, 0.25) is 0 Å². The van der Waals surface area contributed by atoms with E-state index in [0.29, 0.717) is 25.9 Å². The fraction of sp³-hybridized carbons (Fsp3) is 0.900. The summed E-state index contributed by atoms with van der Waals surface area (Å²) in [6.45, 7) is 2.17. The number of sulfone groups is 1. The highest BCUT2D eigenvalue weighted by atomic mass is 32.2. The van der Waals surface area contributed by atoms with Crippen molar-refractivity contribution in [2.24, 2.45) is 5.41 Å². The molecule has 0 aromatic carbocycles. The summed E-state index contributed by atoms with van der Waals surface area (Å²) >= 11 is 0. The second kappa shape index (κ2) is 4.71. The molecular weight excluding hydrogens is 232 g/mol. The van der Waals surface area contributed by atoms with Gasteiger partial charge in [0.15, 0.2) is 0 Å². The van der Waals surface area contributed by atoms with E-state index in [9.17, 15) is 18.3 Å². The molecule has 1 N–H and O–H groups in total. The lowest BCUT2D eigenvalue weighted by Crippen LogP contribution is -2.37. The van der Waals surface area contributed by atoms with Gasteiger partial charge in [0.1, 0.15) is 9.84 Å². The molecule has 0 saturated carbocycles. The largest absolute Gasteiger partial charge is 0.481 e. The van der Waals surface area contributed by atoms with Crippen LogP contribution in [0.1, 0.15) is 26.2 Å². The number of ether oxygens (including phenoxy) is 1. The van der Waals surface area contributed by atoms with Gasteiger partial charge in [-0.05, 0) is 26.2 Å². The summed E-state index contributed by atoms with van der Waals surface area (Å²) < 4.78 is 27.2. The molecule has 0 aromatic heterocycles. The van der Waals surface area contributed by atoms with Crippen LogP contribution in [0.25, 0.3) is 0 Å². The van der Waals surface area contributed by atoms with Crippen molar-refractivity contribution < 1.29 is 23.1 Å². The second-order valence-corrected chi connectivity index (χ2v) is 6.72. The molecule has 6 heteroatoms. The van der Waals surface area contributed by atoms with Crippen molar-refractivity contribution in [1.29, 1.82) is 0 Å². The van der Waals surface area contributed by atoms with Gasteiger partial charge in [-0.2, -0.15) is 0 Å². The van der Waals surface area contributed by atoms with Gasteiger partial charge in [0.05, 0.1) is 11.5 Å². The molecule has 0 amide bonds. The number of carboxylic acids is 1. The Morgan fingerprint density at radius 3 is 2.56 bits per heavy atom. The van der Waals surface area contributed by atoms with Crippen molar-refractivity contribution in [2.45, 2.75) is 32.3 Å². The third kappa shape index (κ3) is 2.95. The van der Waals surface area contributed by atoms with Gasteiger partial charge in [-0.25, -0.2) is 8.42 Å². The van der Waals surface area contributed by atoms with E-state index in [0.717, 1.165) is 6.26 Å². The lowest BCUT2D eigenvalue weighted by Gasteiger charge is -2.27. The first-order valence-corrected chi connectivity index (χ1v) is 7.37. The van der Waals surface area contributed by atoms with Crippen LogP contribution in [0.15, 0.2) is 0 Å². The standard InChI is InChI=1S/C10H18O5S/c1-8-10(9(11)12,5-6-15-8)4-3-7-16(2,13)14/h8H,3-7H2,1-2H3,(H,11,12). The van der Waals surface area contributed by atoms with Gasteiger partial charge in [-0.15, -0.1) is 0 Å². The number of rotatable bonds is 5. The Morgan fingerprint density at radius 1 is 1.56 bits per heavy atom. The highest BCUT2D eigenvalue weighted by molar-refractivity contribution is 7.90. The normalized spacial score (nSPS) is 30.5. The smallest absolute Gasteiger partial charge is 0.312 e. The Morgan fingerprint density at radius 2 is 2.19 bits per heavy atom. The molecular formula is C10H18O5S. The van der Waals surface area contributed by atoms with Crippen LogP contribution < -0.4 is 0 Å². The van der Waals surface area contributed by atoms with Crippen molar-refractivity contribution in [2.75, 3.05) is 18.6 Å². The van der Waals surface area contributed by atoms with Crippen LogP contribution in [0.2, 0.25) is 0 Å². The van der Waals surface area contributed by atoms with Crippen LogP contribution in [0.3, 0.4) is 0 Å². The number of hydrogen-bond donors (Lipinski definition) is 1. The van der Waals surface area contributed by atoms with E-state index < -0.39 is 21.2 Å². The lowest BCUT2D eigenvalue weighted by molar-refractivity contribution is -0.152. The molecule has 16 heavy (non-hydrogen) atoms. The van der Waals surface area contributed by atoms with Crippen LogP contribution in [0.5, 0.6) is 0 Å². The molecule has 1 fully saturated rings. The average Bonchev–Trinajstić information content (AvgIpc) is 2.46. The highest BCUT2D eigenvalue weighted by Crippen LogP contribution is 2.39. The predicted octanol–water partition coefficient (Wildman–Crippen LogP) is 0.691. The summed E-state index contributed by atoms with van der Waals surface area (Å²) in [5, 5.41) is 9.23. The minimum Gasteiger partial charge on any atom is -0.481 e. The van der Waals surface area contributed by atoms with Gasteiger partial charge < -0.3 is 9.84 Å². The molecule has 0 aromatic rings. The molecule has 94 valence electrons. The van der Waals surface area contributed by atoms with Crippen molar-refractivity contribution >= 4 is 15.8 Å². The first-order chi connectivity index (χ1) is 7.28. The first-order valence-electron chi connectivity index (χ1n) is 5.31. The van der Waals surface area contributed by atoms with Gasteiger partial charge >= 0.3 is 5.97 Å². The maximum Gasteiger partial charge on any atom is 0.312 e. The highest BCUT2D eigenvalue weighted by Gasteiger charge is 2.47. The summed E-state index contributed by atoms with van der Waals surface area (Å²) in [5.41, 5.74) is -0.898. The van der Waals surface area contributed by atoms with Gasteiger partial charge in [0.25, 0.3) is 0 Å². The number of aliphatic carboxylic acids is 1. The minimum absolute atomic E-state index is 0.0365. The van der Waals surface area contributed by atoms with Crippen LogP contribution in [-0.4, -0.2) is 44.2 Å². The molecule has 0 aliphatic carbocycles. The molecule has 5 nitrogen and oxygen atoms in total. The number of carboxylic acid groups (broad SMARTS) is 1. The van der Waals surface area contributed by atoms with Crippen molar-refractivity contribution in [3.05, 3.63) is 0 Å². The summed E-state index contributed by atoms with van der Waals surface area (Å²) in [4.78, 5) is 11.3. The Balaban J connectivity index is 2.63. The maximum atomic E-state index is 11.3. The average molecular weight is 250 g/mol. The summed E-state index contributed by atoms with van der Waals surface area (Å²) in [7, 11) is -3.02. The molecule has 0 spiro atoms. The van der Waals surface area contributed by atoms with Crippen molar-refractivity contribution in [1.82, 2.24) is 0 Å². The molecule has 2 unspecified atom stereocenters. The third-order valence-corrected chi connectivity index (χ3v) is 4.29. The van der Waals surface area contributed by atoms with Gasteiger partial charge in [0, 0.05) is 18.6 Å². The summed E-state index contributed by atoms with van der Waals surface area (Å²) in [6, 6.07) is 0. The van der Waals surface area contributed by atoms with Crippen LogP contribution in [0, 0.1) is 5.41 Å². The Labute approximate surface area is 95.7 Å². The zero-order chi connectivity index (χ0) is 12.4. The SMILES string of the molecule is CC1OCCC1(CCCS(C)(=O)=O)C(=O)O. The van der Waals surface area contributed by atoms with Gasteiger partial charge in [-0.1, -0.05) is 0 Å². The molecule has 1 aliphatic heterocycles. The van der Waals surface area contributed by atoms with Crippen LogP contribution in [0.4, 0.5) is 0 Å². The quantitative estimate of drug-likeness (QED) is 0.776. The fourth-order valence-electron chi connectivity index (χ4n) is 2.15.